The molecule has 0 atom stereocenters. The number of hydrogen-bond donors (Lipinski definition) is 0. The summed E-state index contributed by atoms with van der Waals surface area (Å²) in [5.41, 5.74) is 0.589. The number of carbonyl (C=O) groups excluding carboxylic acids is 3. The fourth-order valence-corrected chi connectivity index (χ4v) is 3.65. The lowest BCUT2D eigenvalue weighted by atomic mass is 10.1. The summed E-state index contributed by atoms with van der Waals surface area (Å²) in [5.74, 6) is -1.02. The third-order valence-corrected chi connectivity index (χ3v) is 5.42. The minimum absolute atomic E-state index is 0.0565. The molecule has 1 aliphatic heterocycles. The summed E-state index contributed by atoms with van der Waals surface area (Å²) < 4.78 is 5.22. The zero-order valence-electron chi connectivity index (χ0n) is 17.4. The summed E-state index contributed by atoms with van der Waals surface area (Å²) in [6.07, 6.45) is 0. The predicted octanol–water partition coefficient (Wildman–Crippen LogP) is 3.01. The Balaban J connectivity index is 1.46. The highest BCUT2D eigenvalue weighted by Crippen LogP contribution is 2.27. The molecule has 3 aromatic carbocycles. The predicted molar refractivity (Wildman–Crippen MR) is 115 cm³/mol. The number of carbonyl (C=O) groups is 3. The molecule has 0 aromatic heterocycles. The molecule has 1 aliphatic rings. The summed E-state index contributed by atoms with van der Waals surface area (Å²) in [6, 6.07) is 15.0. The molecule has 0 radical (unpaired) electrons. The van der Waals surface area contributed by atoms with Crippen molar-refractivity contribution >= 4 is 34.2 Å². The van der Waals surface area contributed by atoms with Gasteiger partial charge < -0.3 is 9.64 Å². The van der Waals surface area contributed by atoms with E-state index in [0.29, 0.717) is 0 Å². The molecule has 0 fully saturated rings. The van der Waals surface area contributed by atoms with E-state index in [4.69, 9.17) is 4.74 Å². The Kier molecular flexibility index (Phi) is 5.31. The van der Waals surface area contributed by atoms with E-state index in [0.717, 1.165) is 39.1 Å². The van der Waals surface area contributed by atoms with Gasteiger partial charge in [0, 0.05) is 25.7 Å². The maximum Gasteiger partial charge on any atom is 0.270 e. The standard InChI is InChI=1S/C23H19N3O6/c1-24(12-14-3-4-16-10-18(32-2)7-5-15(16)9-14)21(27)13-25-22(28)19-8-6-17(26(30)31)11-20(19)23(25)29/h3-11H,12-13H2,1-2H3. The minimum Gasteiger partial charge on any atom is -0.497 e. The summed E-state index contributed by atoms with van der Waals surface area (Å²) in [6.45, 7) is -0.156. The van der Waals surface area contributed by atoms with Gasteiger partial charge in [0.1, 0.15) is 12.3 Å². The lowest BCUT2D eigenvalue weighted by Crippen LogP contribution is -2.40. The monoisotopic (exact) mass is 433 g/mol. The molecule has 0 aliphatic carbocycles. The largest absolute Gasteiger partial charge is 0.497 e. The third-order valence-electron chi connectivity index (χ3n) is 5.42. The Morgan fingerprint density at radius 1 is 1.00 bits per heavy atom. The van der Waals surface area contributed by atoms with Gasteiger partial charge in [0.2, 0.25) is 5.91 Å². The van der Waals surface area contributed by atoms with Crippen molar-refractivity contribution in [3.8, 4) is 5.75 Å². The van der Waals surface area contributed by atoms with Crippen LogP contribution in [0.15, 0.2) is 54.6 Å². The number of likely N-dealkylation sites (N-methyl/N-ethyl adjacent to an activating group) is 1. The Morgan fingerprint density at radius 3 is 2.41 bits per heavy atom. The summed E-state index contributed by atoms with van der Waals surface area (Å²) >= 11 is 0. The van der Waals surface area contributed by atoms with E-state index in [1.54, 1.807) is 14.2 Å². The number of rotatable bonds is 6. The van der Waals surface area contributed by atoms with E-state index in [-0.39, 0.29) is 23.4 Å². The fraction of sp³-hybridized carbons (Fsp3) is 0.174. The summed E-state index contributed by atoms with van der Waals surface area (Å²) in [4.78, 5) is 50.4. The van der Waals surface area contributed by atoms with Crippen LogP contribution in [0.3, 0.4) is 0 Å². The van der Waals surface area contributed by atoms with E-state index in [1.807, 2.05) is 36.4 Å². The zero-order valence-corrected chi connectivity index (χ0v) is 17.4. The van der Waals surface area contributed by atoms with Crippen molar-refractivity contribution in [1.29, 1.82) is 0 Å². The average molecular weight is 433 g/mol. The molecule has 1 heterocycles. The number of hydrogen-bond acceptors (Lipinski definition) is 6. The van der Waals surface area contributed by atoms with Crippen molar-refractivity contribution < 1.29 is 24.0 Å². The van der Waals surface area contributed by atoms with Crippen LogP contribution in [0.5, 0.6) is 5.75 Å². The number of nitro benzene ring substituents is 1. The molecule has 3 aromatic rings. The number of non-ortho nitro benzene ring substituents is 1. The Morgan fingerprint density at radius 2 is 1.69 bits per heavy atom. The average Bonchev–Trinajstić information content (AvgIpc) is 3.02. The van der Waals surface area contributed by atoms with E-state index >= 15 is 0 Å². The lowest BCUT2D eigenvalue weighted by molar-refractivity contribution is -0.384. The van der Waals surface area contributed by atoms with Crippen LogP contribution in [0.2, 0.25) is 0 Å². The van der Waals surface area contributed by atoms with Crippen LogP contribution in [-0.4, -0.2) is 53.1 Å². The number of ether oxygens (including phenoxy) is 1. The second-order valence-electron chi connectivity index (χ2n) is 7.48. The molecule has 0 bridgehead atoms. The van der Waals surface area contributed by atoms with Gasteiger partial charge in [-0.15, -0.1) is 0 Å². The molecule has 0 N–H and O–H groups in total. The van der Waals surface area contributed by atoms with Gasteiger partial charge in [0.25, 0.3) is 17.5 Å². The number of nitro groups is 1. The highest BCUT2D eigenvalue weighted by molar-refractivity contribution is 6.22. The van der Waals surface area contributed by atoms with Gasteiger partial charge in [-0.2, -0.15) is 0 Å². The van der Waals surface area contributed by atoms with Gasteiger partial charge in [-0.3, -0.25) is 29.4 Å². The first-order valence-electron chi connectivity index (χ1n) is 9.74. The van der Waals surface area contributed by atoms with Gasteiger partial charge in [-0.25, -0.2) is 0 Å². The van der Waals surface area contributed by atoms with Crippen molar-refractivity contribution in [2.45, 2.75) is 6.54 Å². The van der Waals surface area contributed by atoms with Crippen LogP contribution < -0.4 is 4.74 Å². The minimum atomic E-state index is -0.713. The highest BCUT2D eigenvalue weighted by atomic mass is 16.6. The van der Waals surface area contributed by atoms with Gasteiger partial charge in [0.15, 0.2) is 0 Å². The van der Waals surface area contributed by atoms with E-state index in [1.165, 1.54) is 11.0 Å². The third kappa shape index (κ3) is 3.76. The second kappa shape index (κ2) is 8.10. The number of methoxy groups -OCH3 is 1. The van der Waals surface area contributed by atoms with Crippen molar-refractivity contribution in [2.24, 2.45) is 0 Å². The smallest absolute Gasteiger partial charge is 0.270 e. The van der Waals surface area contributed by atoms with Crippen molar-refractivity contribution in [1.82, 2.24) is 9.80 Å². The van der Waals surface area contributed by atoms with Crippen LogP contribution in [0.4, 0.5) is 5.69 Å². The molecule has 0 saturated carbocycles. The number of nitrogens with zero attached hydrogens (tertiary/aromatic N) is 3. The SMILES string of the molecule is COc1ccc2cc(CN(C)C(=O)CN3C(=O)c4ccc([N+](=O)[O-])cc4C3=O)ccc2c1. The van der Waals surface area contributed by atoms with Crippen molar-refractivity contribution in [3.63, 3.8) is 0 Å². The Labute approximate surface area is 182 Å². The first-order valence-corrected chi connectivity index (χ1v) is 9.74. The summed E-state index contributed by atoms with van der Waals surface area (Å²) in [5, 5.41) is 12.9. The normalized spacial score (nSPS) is 12.8. The molecule has 0 unspecified atom stereocenters. The first kappa shape index (κ1) is 21.0. The van der Waals surface area contributed by atoms with E-state index < -0.39 is 29.2 Å². The second-order valence-corrected chi connectivity index (χ2v) is 7.48. The van der Waals surface area contributed by atoms with Crippen LogP contribution in [-0.2, 0) is 11.3 Å². The number of fused-ring (bicyclic) bond motifs is 2. The first-order chi connectivity index (χ1) is 15.3. The molecule has 0 spiro atoms. The van der Waals surface area contributed by atoms with Crippen LogP contribution in [0, 0.1) is 10.1 Å². The number of amides is 3. The van der Waals surface area contributed by atoms with Gasteiger partial charge in [-0.1, -0.05) is 18.2 Å². The van der Waals surface area contributed by atoms with Gasteiger partial charge in [0.05, 0.1) is 23.2 Å². The zero-order chi connectivity index (χ0) is 23.0. The molecule has 32 heavy (non-hydrogen) atoms. The van der Waals surface area contributed by atoms with E-state index in [2.05, 4.69) is 0 Å². The van der Waals surface area contributed by atoms with Gasteiger partial charge in [-0.05, 0) is 40.6 Å². The van der Waals surface area contributed by atoms with Crippen molar-refractivity contribution in [3.05, 3.63) is 81.4 Å². The quantitative estimate of drug-likeness (QED) is 0.336. The summed E-state index contributed by atoms with van der Waals surface area (Å²) in [7, 11) is 3.19. The molecular weight excluding hydrogens is 414 g/mol. The molecule has 3 amide bonds. The highest BCUT2D eigenvalue weighted by Gasteiger charge is 2.38. The van der Waals surface area contributed by atoms with Crippen LogP contribution in [0.25, 0.3) is 10.8 Å². The molecule has 9 nitrogen and oxygen atoms in total. The topological polar surface area (TPSA) is 110 Å². The Bertz CT molecular complexity index is 1290. The van der Waals surface area contributed by atoms with Crippen molar-refractivity contribution in [2.75, 3.05) is 20.7 Å². The molecular formula is C23H19N3O6. The fourth-order valence-electron chi connectivity index (χ4n) is 3.65. The van der Waals surface area contributed by atoms with Crippen LogP contribution in [0.1, 0.15) is 26.3 Å². The molecule has 9 heteroatoms. The molecule has 4 rings (SSSR count). The Hall–Kier alpha value is -4.27. The van der Waals surface area contributed by atoms with Crippen LogP contribution >= 0.6 is 0 Å². The maximum absolute atomic E-state index is 12.7. The maximum atomic E-state index is 12.7. The van der Waals surface area contributed by atoms with Gasteiger partial charge >= 0.3 is 0 Å². The number of imide groups is 1. The van der Waals surface area contributed by atoms with E-state index in [9.17, 15) is 24.5 Å². The molecule has 0 saturated heterocycles. The molecule has 162 valence electrons. The lowest BCUT2D eigenvalue weighted by Gasteiger charge is -2.21. The number of benzene rings is 3.